The molecule has 2 heterocycles. The van der Waals surface area contributed by atoms with Gasteiger partial charge in [0.15, 0.2) is 0 Å². The van der Waals surface area contributed by atoms with Crippen LogP contribution < -0.4 is 10.6 Å². The van der Waals surface area contributed by atoms with Crippen molar-refractivity contribution in [2.24, 2.45) is 0 Å². The summed E-state index contributed by atoms with van der Waals surface area (Å²) in [7, 11) is 0. The Morgan fingerprint density at radius 2 is 1.97 bits per heavy atom. The van der Waals surface area contributed by atoms with Crippen molar-refractivity contribution in [3.05, 3.63) is 63.1 Å². The minimum atomic E-state index is -0.860. The fraction of sp³-hybridized carbons (Fsp3) is 0.423. The highest BCUT2D eigenvalue weighted by Crippen LogP contribution is 2.42. The first-order valence-corrected chi connectivity index (χ1v) is 13.6. The third kappa shape index (κ3) is 5.43. The number of carbonyl (C=O) groups is 2. The summed E-state index contributed by atoms with van der Waals surface area (Å²) in [5.74, 6) is -0.411. The molecule has 35 heavy (non-hydrogen) atoms. The summed E-state index contributed by atoms with van der Waals surface area (Å²) >= 11 is 5.08. The SMILES string of the molecule is Cc1cccc(C(=O)NCC(=O)NC2CN([C@H]3CC[C@@](O)(c4nc5ccc(Br)cc5s4)CC3)C2)c1. The molecule has 2 aliphatic rings. The van der Waals surface area contributed by atoms with E-state index in [-0.39, 0.29) is 24.4 Å². The van der Waals surface area contributed by atoms with Gasteiger partial charge in [-0.25, -0.2) is 4.98 Å². The number of carbonyl (C=O) groups excluding carboxylic acids is 2. The van der Waals surface area contributed by atoms with Crippen molar-refractivity contribution in [2.75, 3.05) is 19.6 Å². The van der Waals surface area contributed by atoms with E-state index in [0.717, 1.165) is 51.2 Å². The number of hydrogen-bond acceptors (Lipinski definition) is 6. The van der Waals surface area contributed by atoms with Gasteiger partial charge in [-0.3, -0.25) is 14.5 Å². The van der Waals surface area contributed by atoms with Gasteiger partial charge in [-0.1, -0.05) is 33.6 Å². The van der Waals surface area contributed by atoms with Crippen LogP contribution in [0.25, 0.3) is 10.2 Å². The highest BCUT2D eigenvalue weighted by Gasteiger charge is 2.41. The number of aliphatic hydroxyl groups is 1. The predicted molar refractivity (Wildman–Crippen MR) is 140 cm³/mol. The summed E-state index contributed by atoms with van der Waals surface area (Å²) < 4.78 is 2.10. The van der Waals surface area contributed by atoms with E-state index in [1.54, 1.807) is 23.5 Å². The Balaban J connectivity index is 1.06. The molecule has 0 bridgehead atoms. The van der Waals surface area contributed by atoms with E-state index in [9.17, 15) is 14.7 Å². The molecule has 1 aliphatic carbocycles. The van der Waals surface area contributed by atoms with E-state index in [4.69, 9.17) is 4.98 Å². The maximum Gasteiger partial charge on any atom is 0.251 e. The van der Waals surface area contributed by atoms with Gasteiger partial charge in [-0.2, -0.15) is 0 Å². The molecule has 7 nitrogen and oxygen atoms in total. The maximum atomic E-state index is 12.3. The Hall–Kier alpha value is -2.33. The Labute approximate surface area is 217 Å². The number of nitrogens with zero attached hydrogens (tertiary/aromatic N) is 2. The third-order valence-corrected chi connectivity index (χ3v) is 8.72. The van der Waals surface area contributed by atoms with Crippen LogP contribution in [0.5, 0.6) is 0 Å². The highest BCUT2D eigenvalue weighted by atomic mass is 79.9. The molecule has 2 fully saturated rings. The van der Waals surface area contributed by atoms with Gasteiger partial charge in [-0.05, 0) is 62.9 Å². The van der Waals surface area contributed by atoms with Gasteiger partial charge in [0.05, 0.1) is 22.8 Å². The second kappa shape index (κ2) is 9.97. The lowest BCUT2D eigenvalue weighted by atomic mass is 9.81. The number of nitrogens with one attached hydrogen (secondary N) is 2. The molecular weight excluding hydrogens is 528 g/mol. The van der Waals surface area contributed by atoms with Crippen LogP contribution in [0.4, 0.5) is 0 Å². The van der Waals surface area contributed by atoms with E-state index in [0.29, 0.717) is 24.4 Å². The van der Waals surface area contributed by atoms with Crippen LogP contribution in [0.3, 0.4) is 0 Å². The summed E-state index contributed by atoms with van der Waals surface area (Å²) in [6.07, 6.45) is 3.20. The van der Waals surface area contributed by atoms with Crippen molar-refractivity contribution in [1.29, 1.82) is 0 Å². The molecule has 1 aromatic heterocycles. The van der Waals surface area contributed by atoms with Gasteiger partial charge in [0.2, 0.25) is 5.91 Å². The molecule has 0 atom stereocenters. The van der Waals surface area contributed by atoms with E-state index in [1.807, 2.05) is 37.3 Å². The van der Waals surface area contributed by atoms with Crippen molar-refractivity contribution in [3.63, 3.8) is 0 Å². The standard InChI is InChI=1S/C26H29BrN4O3S/c1-16-3-2-4-17(11-16)24(33)28-13-23(32)29-19-14-31(15-19)20-7-9-26(34,10-8-20)25-30-21-6-5-18(27)12-22(21)35-25/h2-6,11-12,19-20,34H,7-10,13-15H2,1H3,(H,28,33)(H,29,32)/t20-,26-. The summed E-state index contributed by atoms with van der Waals surface area (Å²) in [4.78, 5) is 31.6. The number of aromatic nitrogens is 1. The highest BCUT2D eigenvalue weighted by molar-refractivity contribution is 9.10. The Morgan fingerprint density at radius 3 is 2.71 bits per heavy atom. The van der Waals surface area contributed by atoms with Crippen molar-refractivity contribution in [3.8, 4) is 0 Å². The van der Waals surface area contributed by atoms with Gasteiger partial charge in [-0.15, -0.1) is 11.3 Å². The lowest BCUT2D eigenvalue weighted by Crippen LogP contribution is -2.63. The fourth-order valence-electron chi connectivity index (χ4n) is 4.99. The van der Waals surface area contributed by atoms with Crippen molar-refractivity contribution in [1.82, 2.24) is 20.5 Å². The average molecular weight is 558 g/mol. The topological polar surface area (TPSA) is 94.6 Å². The molecule has 1 aliphatic heterocycles. The predicted octanol–water partition coefficient (Wildman–Crippen LogP) is 3.73. The van der Waals surface area contributed by atoms with Crippen LogP contribution >= 0.6 is 27.3 Å². The number of thiazole rings is 1. The van der Waals surface area contributed by atoms with E-state index in [1.165, 1.54) is 0 Å². The van der Waals surface area contributed by atoms with Gasteiger partial charge in [0.1, 0.15) is 10.6 Å². The maximum absolute atomic E-state index is 12.3. The minimum absolute atomic E-state index is 0.0293. The molecule has 5 rings (SSSR count). The molecule has 184 valence electrons. The lowest BCUT2D eigenvalue weighted by molar-refractivity contribution is -0.122. The van der Waals surface area contributed by atoms with Crippen molar-refractivity contribution in [2.45, 2.75) is 50.3 Å². The van der Waals surface area contributed by atoms with Crippen LogP contribution in [0.2, 0.25) is 0 Å². The number of likely N-dealkylation sites (tertiary alicyclic amines) is 1. The monoisotopic (exact) mass is 556 g/mol. The normalized spacial score (nSPS) is 23.1. The molecule has 0 unspecified atom stereocenters. The second-order valence-electron chi connectivity index (χ2n) is 9.66. The molecule has 9 heteroatoms. The molecule has 2 aromatic carbocycles. The number of hydrogen-bond donors (Lipinski definition) is 3. The summed E-state index contributed by atoms with van der Waals surface area (Å²) in [6.45, 7) is 3.50. The molecule has 2 amide bonds. The van der Waals surface area contributed by atoms with Gasteiger partial charge < -0.3 is 15.7 Å². The van der Waals surface area contributed by atoms with E-state index >= 15 is 0 Å². The van der Waals surface area contributed by atoms with Crippen LogP contribution in [-0.2, 0) is 10.4 Å². The zero-order chi connectivity index (χ0) is 24.6. The number of amides is 2. The first-order chi connectivity index (χ1) is 16.8. The average Bonchev–Trinajstić information content (AvgIpc) is 3.24. The molecule has 3 aromatic rings. The quantitative estimate of drug-likeness (QED) is 0.430. The van der Waals surface area contributed by atoms with Gasteiger partial charge in [0.25, 0.3) is 5.91 Å². The molecule has 3 N–H and O–H groups in total. The minimum Gasteiger partial charge on any atom is -0.383 e. The van der Waals surface area contributed by atoms with Gasteiger partial charge >= 0.3 is 0 Å². The van der Waals surface area contributed by atoms with Crippen LogP contribution in [0, 0.1) is 6.92 Å². The van der Waals surface area contributed by atoms with E-state index in [2.05, 4.69) is 31.5 Å². The number of halogens is 1. The number of benzene rings is 2. The zero-order valence-corrected chi connectivity index (χ0v) is 22.0. The van der Waals surface area contributed by atoms with Crippen molar-refractivity contribution >= 4 is 49.3 Å². The molecule has 1 saturated carbocycles. The summed E-state index contributed by atoms with van der Waals surface area (Å²) in [5.41, 5.74) is 1.63. The first-order valence-electron chi connectivity index (χ1n) is 12.0. The Bertz CT molecular complexity index is 1250. The molecule has 0 radical (unpaired) electrons. The van der Waals surface area contributed by atoms with Crippen molar-refractivity contribution < 1.29 is 14.7 Å². The van der Waals surface area contributed by atoms with E-state index < -0.39 is 5.60 Å². The number of aryl methyl sites for hydroxylation is 1. The van der Waals surface area contributed by atoms with Crippen LogP contribution in [0.1, 0.15) is 46.6 Å². The lowest BCUT2D eigenvalue weighted by Gasteiger charge is -2.47. The second-order valence-corrected chi connectivity index (χ2v) is 11.6. The smallest absolute Gasteiger partial charge is 0.251 e. The van der Waals surface area contributed by atoms with Crippen LogP contribution in [-0.4, -0.2) is 58.5 Å². The molecule has 0 spiro atoms. The third-order valence-electron chi connectivity index (χ3n) is 7.01. The summed E-state index contributed by atoms with van der Waals surface area (Å²) in [5, 5.41) is 17.8. The first kappa shape index (κ1) is 24.4. The Kier molecular flexibility index (Phi) is 6.94. The zero-order valence-electron chi connectivity index (χ0n) is 19.6. The molecule has 1 saturated heterocycles. The van der Waals surface area contributed by atoms with Gasteiger partial charge in [0, 0.05) is 29.2 Å². The Morgan fingerprint density at radius 1 is 1.20 bits per heavy atom. The fourth-order valence-corrected chi connectivity index (χ4v) is 6.65. The largest absolute Gasteiger partial charge is 0.383 e. The summed E-state index contributed by atoms with van der Waals surface area (Å²) in [6, 6.07) is 13.8. The number of rotatable bonds is 6. The van der Waals surface area contributed by atoms with Crippen LogP contribution in [0.15, 0.2) is 46.9 Å². The number of fused-ring (bicyclic) bond motifs is 1. The molecular formula is C26H29BrN4O3S.